The first kappa shape index (κ1) is 15.1. The summed E-state index contributed by atoms with van der Waals surface area (Å²) in [5, 5.41) is 0.297. The normalized spacial score (nSPS) is 11.6. The van der Waals surface area contributed by atoms with Crippen LogP contribution >= 0.6 is 50.5 Å². The van der Waals surface area contributed by atoms with Crippen LogP contribution in [0.3, 0.4) is 0 Å². The zero-order valence-corrected chi connectivity index (χ0v) is 14.2. The molecule has 4 nitrogen and oxygen atoms in total. The zero-order valence-electron chi connectivity index (χ0n) is 9.45. The quantitative estimate of drug-likeness (QED) is 0.832. The highest BCUT2D eigenvalue weighted by Crippen LogP contribution is 2.31. The van der Waals surface area contributed by atoms with Crippen molar-refractivity contribution in [1.29, 1.82) is 0 Å². The molecule has 1 heterocycles. The van der Waals surface area contributed by atoms with Crippen LogP contribution in [0.1, 0.15) is 5.69 Å². The van der Waals surface area contributed by atoms with Crippen LogP contribution in [0.2, 0.25) is 9.49 Å². The molecule has 9 heteroatoms. The molecule has 0 saturated heterocycles. The van der Waals surface area contributed by atoms with Gasteiger partial charge in [0.25, 0.3) is 10.0 Å². The van der Waals surface area contributed by atoms with Crippen LogP contribution in [0, 0.1) is 6.92 Å². The molecular formula is C10H7BrCl2N2O2S2. The van der Waals surface area contributed by atoms with E-state index in [4.69, 9.17) is 23.2 Å². The second-order valence-electron chi connectivity index (χ2n) is 3.57. The van der Waals surface area contributed by atoms with Gasteiger partial charge in [-0.05, 0) is 25.1 Å². The van der Waals surface area contributed by atoms with Crippen LogP contribution in [-0.4, -0.2) is 13.4 Å². The van der Waals surface area contributed by atoms with E-state index in [1.165, 1.54) is 0 Å². The molecule has 102 valence electrons. The zero-order chi connectivity index (χ0) is 14.2. The van der Waals surface area contributed by atoms with Crippen molar-refractivity contribution in [2.24, 2.45) is 0 Å². The van der Waals surface area contributed by atoms with Crippen molar-refractivity contribution in [2.45, 2.75) is 11.1 Å². The van der Waals surface area contributed by atoms with Gasteiger partial charge in [-0.25, -0.2) is 13.4 Å². The molecule has 0 saturated carbocycles. The number of anilines is 1. The summed E-state index contributed by atoms with van der Waals surface area (Å²) in [6.07, 6.45) is 0. The number of sulfonamides is 1. The molecule has 0 fully saturated rings. The first-order valence-corrected chi connectivity index (χ1v) is 8.75. The van der Waals surface area contributed by atoms with Gasteiger partial charge in [0.2, 0.25) is 0 Å². The van der Waals surface area contributed by atoms with Crippen molar-refractivity contribution < 1.29 is 8.42 Å². The largest absolute Gasteiger partial charge is 0.277 e. The van der Waals surface area contributed by atoms with E-state index in [0.717, 1.165) is 15.8 Å². The van der Waals surface area contributed by atoms with E-state index in [1.807, 2.05) is 0 Å². The van der Waals surface area contributed by atoms with Gasteiger partial charge in [0.05, 0.1) is 16.4 Å². The molecule has 2 aromatic rings. The summed E-state index contributed by atoms with van der Waals surface area (Å²) in [5.74, 6) is 0. The lowest BCUT2D eigenvalue weighted by Crippen LogP contribution is -2.13. The fourth-order valence-corrected chi connectivity index (χ4v) is 4.96. The van der Waals surface area contributed by atoms with Gasteiger partial charge in [0.15, 0.2) is 8.68 Å². The van der Waals surface area contributed by atoms with E-state index in [-0.39, 0.29) is 8.68 Å². The molecule has 2 rings (SSSR count). The number of nitrogens with zero attached hydrogens (tertiary/aromatic N) is 1. The molecule has 19 heavy (non-hydrogen) atoms. The van der Waals surface area contributed by atoms with E-state index in [9.17, 15) is 8.42 Å². The van der Waals surface area contributed by atoms with Crippen LogP contribution < -0.4 is 4.72 Å². The Balaban J connectivity index is 2.39. The summed E-state index contributed by atoms with van der Waals surface area (Å²) in [5.41, 5.74) is 0.657. The van der Waals surface area contributed by atoms with Crippen molar-refractivity contribution in [3.63, 3.8) is 0 Å². The van der Waals surface area contributed by atoms with Crippen molar-refractivity contribution >= 4 is 66.2 Å². The summed E-state index contributed by atoms with van der Waals surface area (Å²) in [7, 11) is -3.74. The van der Waals surface area contributed by atoms with Crippen molar-refractivity contribution in [1.82, 2.24) is 4.98 Å². The molecule has 0 bridgehead atoms. The molecule has 0 aliphatic heterocycles. The lowest BCUT2D eigenvalue weighted by molar-refractivity contribution is 0.602. The molecule has 1 N–H and O–H groups in total. The number of thiazole rings is 1. The van der Waals surface area contributed by atoms with Crippen molar-refractivity contribution in [3.05, 3.63) is 37.9 Å². The lowest BCUT2D eigenvalue weighted by atomic mass is 10.3. The second-order valence-corrected chi connectivity index (χ2v) is 8.35. The molecular weight excluding hydrogens is 395 g/mol. The van der Waals surface area contributed by atoms with Crippen molar-refractivity contribution in [3.8, 4) is 0 Å². The Morgan fingerprint density at radius 2 is 2.05 bits per heavy atom. The molecule has 0 atom stereocenters. The van der Waals surface area contributed by atoms with E-state index >= 15 is 0 Å². The Kier molecular flexibility index (Phi) is 4.42. The Labute approximate surface area is 132 Å². The van der Waals surface area contributed by atoms with Gasteiger partial charge < -0.3 is 0 Å². The lowest BCUT2D eigenvalue weighted by Gasteiger charge is -2.08. The number of benzene rings is 1. The van der Waals surface area contributed by atoms with E-state index in [0.29, 0.717) is 16.4 Å². The number of halogens is 3. The molecule has 0 radical (unpaired) electrons. The minimum atomic E-state index is -3.74. The monoisotopic (exact) mass is 400 g/mol. The number of hydrogen-bond donors (Lipinski definition) is 1. The Hall–Kier alpha value is -0.340. The second kappa shape index (κ2) is 5.57. The van der Waals surface area contributed by atoms with E-state index in [2.05, 4.69) is 25.6 Å². The summed E-state index contributed by atoms with van der Waals surface area (Å²) in [4.78, 5) is 3.88. The minimum Gasteiger partial charge on any atom is -0.277 e. The maximum Gasteiger partial charge on any atom is 0.273 e. The summed E-state index contributed by atoms with van der Waals surface area (Å²) in [6, 6.07) is 4.87. The molecule has 1 aromatic carbocycles. The fraction of sp³-hybridized carbons (Fsp3) is 0.100. The van der Waals surface area contributed by atoms with Gasteiger partial charge >= 0.3 is 0 Å². The van der Waals surface area contributed by atoms with Crippen molar-refractivity contribution in [2.75, 3.05) is 4.72 Å². The van der Waals surface area contributed by atoms with Gasteiger partial charge in [-0.1, -0.05) is 50.5 Å². The fourth-order valence-electron chi connectivity index (χ4n) is 1.36. The maximum absolute atomic E-state index is 12.2. The van der Waals surface area contributed by atoms with Crippen LogP contribution in [0.25, 0.3) is 0 Å². The van der Waals surface area contributed by atoms with Gasteiger partial charge in [0, 0.05) is 4.47 Å². The summed E-state index contributed by atoms with van der Waals surface area (Å²) >= 11 is 15.8. The molecule has 0 spiro atoms. The first-order chi connectivity index (χ1) is 8.79. The topological polar surface area (TPSA) is 59.1 Å². The minimum absolute atomic E-state index is 0.0801. The van der Waals surface area contributed by atoms with Crippen LogP contribution in [0.5, 0.6) is 0 Å². The standard InChI is InChI=1S/C10H7BrCl2N2O2S2/c1-5-9(18-10(13)14-5)19(16,17)15-8-3-2-6(11)4-7(8)12/h2-4,15H,1H3. The van der Waals surface area contributed by atoms with Crippen LogP contribution in [0.4, 0.5) is 5.69 Å². The Morgan fingerprint density at radius 1 is 1.37 bits per heavy atom. The van der Waals surface area contributed by atoms with E-state index < -0.39 is 10.0 Å². The third-order valence-electron chi connectivity index (χ3n) is 2.15. The highest BCUT2D eigenvalue weighted by molar-refractivity contribution is 9.10. The third-order valence-corrected chi connectivity index (χ3v) is 6.19. The number of rotatable bonds is 3. The summed E-state index contributed by atoms with van der Waals surface area (Å²) < 4.78 is 27.8. The van der Waals surface area contributed by atoms with Crippen LogP contribution in [0.15, 0.2) is 26.9 Å². The molecule has 0 aliphatic rings. The maximum atomic E-state index is 12.2. The predicted octanol–water partition coefficient (Wildman–Crippen LogP) is 4.32. The highest BCUT2D eigenvalue weighted by Gasteiger charge is 2.22. The number of nitrogens with one attached hydrogen (secondary N) is 1. The van der Waals surface area contributed by atoms with Gasteiger partial charge in [-0.3, -0.25) is 4.72 Å². The summed E-state index contributed by atoms with van der Waals surface area (Å²) in [6.45, 7) is 1.58. The number of hydrogen-bond acceptors (Lipinski definition) is 4. The van der Waals surface area contributed by atoms with Gasteiger partial charge in [0.1, 0.15) is 0 Å². The smallest absolute Gasteiger partial charge is 0.273 e. The van der Waals surface area contributed by atoms with E-state index in [1.54, 1.807) is 25.1 Å². The SMILES string of the molecule is Cc1nc(Cl)sc1S(=O)(=O)Nc1ccc(Br)cc1Cl. The first-order valence-electron chi connectivity index (χ1n) is 4.90. The highest BCUT2D eigenvalue weighted by atomic mass is 79.9. The molecule has 1 aromatic heterocycles. The third kappa shape index (κ3) is 3.41. The number of aromatic nitrogens is 1. The predicted molar refractivity (Wildman–Crippen MR) is 81.8 cm³/mol. The van der Waals surface area contributed by atoms with Gasteiger partial charge in [-0.15, -0.1) is 0 Å². The number of aryl methyl sites for hydroxylation is 1. The average molecular weight is 402 g/mol. The average Bonchev–Trinajstić information content (AvgIpc) is 2.63. The molecule has 0 amide bonds. The van der Waals surface area contributed by atoms with Crippen LogP contribution in [-0.2, 0) is 10.0 Å². The Morgan fingerprint density at radius 3 is 2.58 bits per heavy atom. The molecule has 0 unspecified atom stereocenters. The Bertz CT molecular complexity index is 731. The molecule has 0 aliphatic carbocycles. The van der Waals surface area contributed by atoms with Gasteiger partial charge in [-0.2, -0.15) is 0 Å².